The number of alkyl halides is 3. The van der Waals surface area contributed by atoms with Gasteiger partial charge in [-0.1, -0.05) is 11.6 Å². The molecule has 0 unspecified atom stereocenters. The molecular formula is C24H21ClF3N5. The van der Waals surface area contributed by atoms with Crippen LogP contribution in [0.4, 0.5) is 24.7 Å². The van der Waals surface area contributed by atoms with E-state index < -0.39 is 11.9 Å². The van der Waals surface area contributed by atoms with Crippen LogP contribution in [0, 0.1) is 0 Å². The summed E-state index contributed by atoms with van der Waals surface area (Å²) in [6.07, 6.45) is 2.42. The van der Waals surface area contributed by atoms with E-state index >= 15 is 0 Å². The molecule has 0 radical (unpaired) electrons. The molecule has 9 heteroatoms. The SMILES string of the molecule is FC(F)(F)c1cc(N[C@H]2CCC[C@@H](Nc3nccc4ncccc34)C2)c2cc(Cl)ccc2n1. The van der Waals surface area contributed by atoms with Crippen LogP contribution in [-0.2, 0) is 6.18 Å². The molecule has 0 saturated heterocycles. The van der Waals surface area contributed by atoms with Crippen LogP contribution in [0.2, 0.25) is 5.02 Å². The maximum Gasteiger partial charge on any atom is 0.433 e. The van der Waals surface area contributed by atoms with Crippen LogP contribution in [-0.4, -0.2) is 27.0 Å². The van der Waals surface area contributed by atoms with Crippen molar-refractivity contribution >= 4 is 44.9 Å². The van der Waals surface area contributed by atoms with E-state index in [1.54, 1.807) is 24.5 Å². The van der Waals surface area contributed by atoms with Gasteiger partial charge in [0.1, 0.15) is 11.5 Å². The van der Waals surface area contributed by atoms with Crippen molar-refractivity contribution in [1.82, 2.24) is 15.0 Å². The Kier molecular flexibility index (Phi) is 5.70. The maximum absolute atomic E-state index is 13.4. The number of pyridine rings is 3. The third kappa shape index (κ3) is 4.66. The summed E-state index contributed by atoms with van der Waals surface area (Å²) in [7, 11) is 0. The first-order valence-corrected chi connectivity index (χ1v) is 11.1. The number of halogens is 4. The topological polar surface area (TPSA) is 62.7 Å². The molecule has 1 aromatic carbocycles. The first-order valence-electron chi connectivity index (χ1n) is 10.8. The quantitative estimate of drug-likeness (QED) is 0.347. The van der Waals surface area contributed by atoms with Crippen molar-refractivity contribution < 1.29 is 13.2 Å². The zero-order chi connectivity index (χ0) is 23.0. The molecule has 0 spiro atoms. The van der Waals surface area contributed by atoms with E-state index in [1.165, 1.54) is 6.07 Å². The average Bonchev–Trinajstić information content (AvgIpc) is 2.79. The molecule has 0 aliphatic heterocycles. The van der Waals surface area contributed by atoms with Gasteiger partial charge in [0.15, 0.2) is 0 Å². The van der Waals surface area contributed by atoms with Crippen LogP contribution in [0.3, 0.4) is 0 Å². The molecule has 1 saturated carbocycles. The van der Waals surface area contributed by atoms with Gasteiger partial charge in [0.2, 0.25) is 0 Å². The average molecular weight is 472 g/mol. The number of fused-ring (bicyclic) bond motifs is 2. The Hall–Kier alpha value is -3.13. The van der Waals surface area contributed by atoms with Crippen LogP contribution >= 0.6 is 11.6 Å². The standard InChI is InChI=1S/C24H21ClF3N5/c25-14-6-7-20-18(11-14)21(13-22(33-20)24(26,27)28)31-15-3-1-4-16(12-15)32-23-17-5-2-9-29-19(17)8-10-30-23/h2,5-11,13,15-16H,1,3-4,12H2,(H,30,32)(H,31,33)/t15-,16+/m0/s1. The van der Waals surface area contributed by atoms with Crippen molar-refractivity contribution in [3.63, 3.8) is 0 Å². The lowest BCUT2D eigenvalue weighted by Crippen LogP contribution is -2.34. The van der Waals surface area contributed by atoms with Gasteiger partial charge in [-0.3, -0.25) is 4.98 Å². The molecule has 0 bridgehead atoms. The third-order valence-electron chi connectivity index (χ3n) is 5.97. The van der Waals surface area contributed by atoms with Crippen LogP contribution in [0.5, 0.6) is 0 Å². The largest absolute Gasteiger partial charge is 0.433 e. The number of rotatable bonds is 4. The van der Waals surface area contributed by atoms with Crippen LogP contribution in [0.1, 0.15) is 31.4 Å². The first kappa shape index (κ1) is 21.7. The van der Waals surface area contributed by atoms with Gasteiger partial charge in [0.25, 0.3) is 0 Å². The smallest absolute Gasteiger partial charge is 0.382 e. The highest BCUT2D eigenvalue weighted by molar-refractivity contribution is 6.31. The summed E-state index contributed by atoms with van der Waals surface area (Å²) < 4.78 is 40.3. The molecule has 33 heavy (non-hydrogen) atoms. The summed E-state index contributed by atoms with van der Waals surface area (Å²) in [5.74, 6) is 0.770. The summed E-state index contributed by atoms with van der Waals surface area (Å²) in [5, 5.41) is 8.83. The Balaban J connectivity index is 1.40. The molecule has 2 atom stereocenters. The van der Waals surface area contributed by atoms with E-state index in [9.17, 15) is 13.2 Å². The zero-order valence-electron chi connectivity index (χ0n) is 17.5. The fraction of sp³-hybridized carbons (Fsp3) is 0.292. The molecule has 1 aliphatic rings. The second kappa shape index (κ2) is 8.67. The molecule has 170 valence electrons. The molecule has 2 N–H and O–H groups in total. The fourth-order valence-corrected chi connectivity index (χ4v) is 4.62. The molecule has 3 aromatic heterocycles. The summed E-state index contributed by atoms with van der Waals surface area (Å²) in [5.41, 5.74) is 0.598. The summed E-state index contributed by atoms with van der Waals surface area (Å²) in [6.45, 7) is 0. The van der Waals surface area contributed by atoms with Gasteiger partial charge in [-0.05, 0) is 68.1 Å². The number of hydrogen-bond acceptors (Lipinski definition) is 5. The van der Waals surface area contributed by atoms with Crippen LogP contribution in [0.25, 0.3) is 21.8 Å². The molecular weight excluding hydrogens is 451 g/mol. The van der Waals surface area contributed by atoms with Gasteiger partial charge in [-0.25, -0.2) is 9.97 Å². The molecule has 5 rings (SSSR count). The number of anilines is 2. The van der Waals surface area contributed by atoms with Crippen molar-refractivity contribution in [2.24, 2.45) is 0 Å². The molecule has 3 heterocycles. The number of benzene rings is 1. The monoisotopic (exact) mass is 471 g/mol. The van der Waals surface area contributed by atoms with E-state index in [-0.39, 0.29) is 17.6 Å². The second-order valence-corrected chi connectivity index (χ2v) is 8.73. The zero-order valence-corrected chi connectivity index (χ0v) is 18.3. The molecule has 1 fully saturated rings. The number of aromatic nitrogens is 3. The molecule has 4 aromatic rings. The Morgan fingerprint density at radius 3 is 2.52 bits per heavy atom. The van der Waals surface area contributed by atoms with Gasteiger partial charge in [0.05, 0.1) is 11.0 Å². The van der Waals surface area contributed by atoms with Crippen molar-refractivity contribution in [2.45, 2.75) is 43.9 Å². The molecule has 0 amide bonds. The lowest BCUT2D eigenvalue weighted by Gasteiger charge is -2.32. The van der Waals surface area contributed by atoms with Crippen molar-refractivity contribution in [1.29, 1.82) is 0 Å². The van der Waals surface area contributed by atoms with E-state index in [4.69, 9.17) is 11.6 Å². The summed E-state index contributed by atoms with van der Waals surface area (Å²) in [4.78, 5) is 12.6. The van der Waals surface area contributed by atoms with Gasteiger partial charge >= 0.3 is 6.18 Å². The Morgan fingerprint density at radius 1 is 0.879 bits per heavy atom. The van der Waals surface area contributed by atoms with Crippen LogP contribution < -0.4 is 10.6 Å². The van der Waals surface area contributed by atoms with Gasteiger partial charge < -0.3 is 10.6 Å². The van der Waals surface area contributed by atoms with Gasteiger partial charge in [-0.15, -0.1) is 0 Å². The van der Waals surface area contributed by atoms with E-state index in [1.807, 2.05) is 18.2 Å². The summed E-state index contributed by atoms with van der Waals surface area (Å²) in [6, 6.07) is 11.6. The van der Waals surface area contributed by atoms with Crippen molar-refractivity contribution in [2.75, 3.05) is 10.6 Å². The maximum atomic E-state index is 13.4. The highest BCUT2D eigenvalue weighted by Gasteiger charge is 2.34. The van der Waals surface area contributed by atoms with Crippen molar-refractivity contribution in [3.8, 4) is 0 Å². The van der Waals surface area contributed by atoms with E-state index in [0.717, 1.165) is 48.5 Å². The van der Waals surface area contributed by atoms with Gasteiger partial charge in [0, 0.05) is 46.0 Å². The Morgan fingerprint density at radius 2 is 1.70 bits per heavy atom. The normalized spacial score (nSPS) is 19.0. The Labute approximate surface area is 193 Å². The fourth-order valence-electron chi connectivity index (χ4n) is 4.45. The number of nitrogens with zero attached hydrogens (tertiary/aromatic N) is 3. The molecule has 5 nitrogen and oxygen atoms in total. The first-order chi connectivity index (χ1) is 15.9. The number of hydrogen-bond donors (Lipinski definition) is 2. The lowest BCUT2D eigenvalue weighted by molar-refractivity contribution is -0.140. The highest BCUT2D eigenvalue weighted by Crippen LogP contribution is 2.35. The van der Waals surface area contributed by atoms with E-state index in [2.05, 4.69) is 25.6 Å². The minimum atomic E-state index is -4.53. The minimum Gasteiger partial charge on any atom is -0.382 e. The predicted molar refractivity (Wildman–Crippen MR) is 125 cm³/mol. The highest BCUT2D eigenvalue weighted by atomic mass is 35.5. The lowest BCUT2D eigenvalue weighted by atomic mass is 9.90. The molecule has 1 aliphatic carbocycles. The predicted octanol–water partition coefficient (Wildman–Crippen LogP) is 6.69. The van der Waals surface area contributed by atoms with Gasteiger partial charge in [-0.2, -0.15) is 13.2 Å². The minimum absolute atomic E-state index is 0.00461. The summed E-state index contributed by atoms with van der Waals surface area (Å²) >= 11 is 6.12. The Bertz CT molecular complexity index is 1310. The second-order valence-electron chi connectivity index (χ2n) is 8.29. The van der Waals surface area contributed by atoms with Crippen LogP contribution in [0.15, 0.2) is 54.9 Å². The number of nitrogens with one attached hydrogen (secondary N) is 2. The third-order valence-corrected chi connectivity index (χ3v) is 6.20. The van der Waals surface area contributed by atoms with Crippen molar-refractivity contribution in [3.05, 3.63) is 65.6 Å². The van der Waals surface area contributed by atoms with E-state index in [0.29, 0.717) is 16.1 Å².